The summed E-state index contributed by atoms with van der Waals surface area (Å²) in [4.78, 5) is 6.32. The lowest BCUT2D eigenvalue weighted by molar-refractivity contribution is 0.408. The molecule has 0 aliphatic carbocycles. The summed E-state index contributed by atoms with van der Waals surface area (Å²) in [7, 11) is 5.13. The van der Waals surface area contributed by atoms with Crippen molar-refractivity contribution >= 4 is 17.1 Å². The van der Waals surface area contributed by atoms with Gasteiger partial charge in [-0.1, -0.05) is 59.7 Å². The van der Waals surface area contributed by atoms with E-state index in [4.69, 9.17) is 14.2 Å². The second kappa shape index (κ2) is 11.0. The van der Waals surface area contributed by atoms with Crippen LogP contribution in [0.15, 0.2) is 79.1 Å². The molecular formula is C34H40N2O3. The highest BCUT2D eigenvalue weighted by molar-refractivity contribution is 5.87. The third-order valence-electron chi connectivity index (χ3n) is 7.01. The number of methoxy groups -OCH3 is 3. The molecule has 0 saturated carbocycles. The summed E-state index contributed by atoms with van der Waals surface area (Å²) in [6, 6.07) is 23.0. The molecule has 0 bridgehead atoms. The highest BCUT2D eigenvalue weighted by Crippen LogP contribution is 2.49. The Morgan fingerprint density at radius 1 is 0.513 bits per heavy atom. The van der Waals surface area contributed by atoms with E-state index in [0.29, 0.717) is 0 Å². The van der Waals surface area contributed by atoms with E-state index in [0.717, 1.165) is 45.4 Å². The first-order chi connectivity index (χ1) is 18.5. The SMILES string of the molecule is COc1cc(-c2ccncc2)ccc1N(c1ccc(C(C)(C)C)cc1OC)c1ccc(C(C)(C)C)cc1OC. The van der Waals surface area contributed by atoms with E-state index in [2.05, 4.69) is 106 Å². The predicted octanol–water partition coefficient (Wildman–Crippen LogP) is 8.84. The highest BCUT2D eigenvalue weighted by Gasteiger charge is 2.26. The van der Waals surface area contributed by atoms with Gasteiger partial charge in [-0.05, 0) is 81.6 Å². The lowest BCUT2D eigenvalue weighted by atomic mass is 9.86. The molecular weight excluding hydrogens is 484 g/mol. The molecule has 0 atom stereocenters. The van der Waals surface area contributed by atoms with E-state index in [1.807, 2.05) is 12.1 Å². The number of pyridine rings is 1. The Morgan fingerprint density at radius 2 is 0.923 bits per heavy atom. The Labute approximate surface area is 233 Å². The quantitative estimate of drug-likeness (QED) is 0.242. The zero-order valence-corrected chi connectivity index (χ0v) is 24.6. The molecule has 0 fully saturated rings. The van der Waals surface area contributed by atoms with Gasteiger partial charge < -0.3 is 14.2 Å². The van der Waals surface area contributed by atoms with Crippen LogP contribution in [0.1, 0.15) is 52.7 Å². The van der Waals surface area contributed by atoms with Gasteiger partial charge in [-0.15, -0.1) is 0 Å². The minimum absolute atomic E-state index is 0.0213. The van der Waals surface area contributed by atoms with Crippen molar-refractivity contribution < 1.29 is 14.2 Å². The fraction of sp³-hybridized carbons (Fsp3) is 0.324. The summed E-state index contributed by atoms with van der Waals surface area (Å²) in [6.45, 7) is 13.2. The molecule has 5 nitrogen and oxygen atoms in total. The van der Waals surface area contributed by atoms with Crippen molar-refractivity contribution in [2.24, 2.45) is 0 Å². The summed E-state index contributed by atoms with van der Waals surface area (Å²) >= 11 is 0. The molecule has 0 saturated heterocycles. The molecule has 3 aromatic carbocycles. The van der Waals surface area contributed by atoms with Crippen LogP contribution < -0.4 is 19.1 Å². The molecule has 0 amide bonds. The van der Waals surface area contributed by atoms with E-state index < -0.39 is 0 Å². The average molecular weight is 525 g/mol. The van der Waals surface area contributed by atoms with Gasteiger partial charge >= 0.3 is 0 Å². The standard InChI is InChI=1S/C34H40N2O3/c1-33(2,3)25-11-14-28(31(21-25)38-8)36(29-15-12-26(34(4,5)6)22-32(29)39-9)27-13-10-24(20-30(27)37-7)23-16-18-35-19-17-23/h10-22H,1-9H3. The molecule has 0 spiro atoms. The fourth-order valence-electron chi connectivity index (χ4n) is 4.63. The molecule has 204 valence electrons. The Balaban J connectivity index is 1.99. The monoisotopic (exact) mass is 524 g/mol. The fourth-order valence-corrected chi connectivity index (χ4v) is 4.63. The van der Waals surface area contributed by atoms with Crippen molar-refractivity contribution in [2.45, 2.75) is 52.4 Å². The summed E-state index contributed by atoms with van der Waals surface area (Å²) in [5.74, 6) is 2.27. The molecule has 0 N–H and O–H groups in total. The van der Waals surface area contributed by atoms with Crippen molar-refractivity contribution in [1.29, 1.82) is 0 Å². The molecule has 39 heavy (non-hydrogen) atoms. The van der Waals surface area contributed by atoms with Crippen LogP contribution in [0.4, 0.5) is 17.1 Å². The van der Waals surface area contributed by atoms with Crippen LogP contribution in [0, 0.1) is 0 Å². The summed E-state index contributed by atoms with van der Waals surface area (Å²) in [5.41, 5.74) is 7.11. The third-order valence-corrected chi connectivity index (χ3v) is 7.01. The molecule has 0 radical (unpaired) electrons. The molecule has 0 aliphatic rings. The van der Waals surface area contributed by atoms with E-state index >= 15 is 0 Å². The third kappa shape index (κ3) is 5.88. The van der Waals surface area contributed by atoms with Gasteiger partial charge in [0.25, 0.3) is 0 Å². The Kier molecular flexibility index (Phi) is 7.91. The topological polar surface area (TPSA) is 43.8 Å². The molecule has 5 heteroatoms. The van der Waals surface area contributed by atoms with Crippen LogP contribution in [0.5, 0.6) is 17.2 Å². The Morgan fingerprint density at radius 3 is 1.33 bits per heavy atom. The predicted molar refractivity (Wildman–Crippen MR) is 161 cm³/mol. The second-order valence-electron chi connectivity index (χ2n) is 11.7. The number of hydrogen-bond acceptors (Lipinski definition) is 5. The van der Waals surface area contributed by atoms with Crippen LogP contribution in [-0.4, -0.2) is 26.3 Å². The lowest BCUT2D eigenvalue weighted by Gasteiger charge is -2.31. The van der Waals surface area contributed by atoms with E-state index in [-0.39, 0.29) is 10.8 Å². The zero-order valence-electron chi connectivity index (χ0n) is 24.6. The van der Waals surface area contributed by atoms with Crippen molar-refractivity contribution in [1.82, 2.24) is 4.98 Å². The number of aromatic nitrogens is 1. The Bertz CT molecular complexity index is 1370. The maximum atomic E-state index is 6.00. The summed E-state index contributed by atoms with van der Waals surface area (Å²) in [6.07, 6.45) is 3.59. The highest BCUT2D eigenvalue weighted by atomic mass is 16.5. The second-order valence-corrected chi connectivity index (χ2v) is 11.7. The number of nitrogens with zero attached hydrogens (tertiary/aromatic N) is 2. The molecule has 4 aromatic rings. The number of anilines is 3. The van der Waals surface area contributed by atoms with E-state index in [1.54, 1.807) is 33.7 Å². The smallest absolute Gasteiger partial charge is 0.143 e. The molecule has 1 aromatic heterocycles. The van der Waals surface area contributed by atoms with Gasteiger partial charge in [0.1, 0.15) is 17.2 Å². The average Bonchev–Trinajstić information content (AvgIpc) is 2.92. The van der Waals surface area contributed by atoms with Crippen molar-refractivity contribution in [3.05, 3.63) is 90.3 Å². The van der Waals surface area contributed by atoms with Gasteiger partial charge in [0, 0.05) is 12.4 Å². The van der Waals surface area contributed by atoms with Gasteiger partial charge in [-0.3, -0.25) is 9.88 Å². The van der Waals surface area contributed by atoms with Crippen molar-refractivity contribution in [2.75, 3.05) is 26.2 Å². The van der Waals surface area contributed by atoms with Gasteiger partial charge in [0.05, 0.1) is 38.4 Å². The summed E-state index contributed by atoms with van der Waals surface area (Å²) < 4.78 is 18.0. The first-order valence-corrected chi connectivity index (χ1v) is 13.2. The zero-order chi connectivity index (χ0) is 28.4. The van der Waals surface area contributed by atoms with Crippen LogP contribution in [0.25, 0.3) is 11.1 Å². The summed E-state index contributed by atoms with van der Waals surface area (Å²) in [5, 5.41) is 0. The van der Waals surface area contributed by atoms with Gasteiger partial charge in [0.15, 0.2) is 0 Å². The van der Waals surface area contributed by atoms with Crippen LogP contribution in [0.2, 0.25) is 0 Å². The maximum absolute atomic E-state index is 6.00. The van der Waals surface area contributed by atoms with E-state index in [9.17, 15) is 0 Å². The number of hydrogen-bond donors (Lipinski definition) is 0. The molecule has 0 unspecified atom stereocenters. The number of benzene rings is 3. The molecule has 0 aliphatic heterocycles. The normalized spacial score (nSPS) is 11.7. The first-order valence-electron chi connectivity index (χ1n) is 13.2. The van der Waals surface area contributed by atoms with E-state index in [1.165, 1.54) is 11.1 Å². The minimum Gasteiger partial charge on any atom is -0.495 e. The maximum Gasteiger partial charge on any atom is 0.143 e. The number of ether oxygens (including phenoxy) is 3. The van der Waals surface area contributed by atoms with Crippen molar-refractivity contribution in [3.8, 4) is 28.4 Å². The van der Waals surface area contributed by atoms with Gasteiger partial charge in [-0.2, -0.15) is 0 Å². The minimum atomic E-state index is -0.0213. The van der Waals surface area contributed by atoms with Crippen LogP contribution >= 0.6 is 0 Å². The molecule has 4 rings (SSSR count). The van der Waals surface area contributed by atoms with Crippen molar-refractivity contribution in [3.63, 3.8) is 0 Å². The first kappa shape index (κ1) is 28.0. The lowest BCUT2D eigenvalue weighted by Crippen LogP contribution is -2.17. The van der Waals surface area contributed by atoms with Gasteiger partial charge in [-0.25, -0.2) is 0 Å². The van der Waals surface area contributed by atoms with Crippen LogP contribution in [0.3, 0.4) is 0 Å². The Hall–Kier alpha value is -3.99. The largest absolute Gasteiger partial charge is 0.495 e. The van der Waals surface area contributed by atoms with Crippen LogP contribution in [-0.2, 0) is 10.8 Å². The molecule has 1 heterocycles. The number of rotatable bonds is 7. The van der Waals surface area contributed by atoms with Gasteiger partial charge in [0.2, 0.25) is 0 Å².